The van der Waals surface area contributed by atoms with Gasteiger partial charge in [-0.05, 0) is 31.2 Å². The van der Waals surface area contributed by atoms with Crippen LogP contribution in [0.1, 0.15) is 6.92 Å². The molecule has 4 nitrogen and oxygen atoms in total. The average Bonchev–Trinajstić information content (AvgIpc) is 2.36. The maximum Gasteiger partial charge on any atom is 0.255 e. The second kappa shape index (κ2) is 5.51. The maximum atomic E-state index is 11.8. The molecule has 1 aromatic rings. The van der Waals surface area contributed by atoms with E-state index in [1.165, 1.54) is 7.11 Å². The Morgan fingerprint density at radius 3 is 2.25 bits per heavy atom. The van der Waals surface area contributed by atoms with Gasteiger partial charge in [0, 0.05) is 19.8 Å². The van der Waals surface area contributed by atoms with E-state index in [0.717, 1.165) is 11.4 Å². The summed E-state index contributed by atoms with van der Waals surface area (Å²) in [5, 5.41) is 0. The number of methoxy groups -OCH3 is 2. The molecule has 1 amide bonds. The zero-order chi connectivity index (χ0) is 12.1. The molecule has 0 saturated carbocycles. The number of carbonyl (C=O) groups excluding carboxylic acids is 1. The lowest BCUT2D eigenvalue weighted by Gasteiger charge is -2.20. The fourth-order valence-corrected chi connectivity index (χ4v) is 1.31. The Morgan fingerprint density at radius 2 is 1.81 bits per heavy atom. The molecule has 0 spiro atoms. The fourth-order valence-electron chi connectivity index (χ4n) is 1.31. The normalized spacial score (nSPS) is 12.0. The quantitative estimate of drug-likeness (QED) is 0.779. The van der Waals surface area contributed by atoms with Crippen LogP contribution in [0.5, 0.6) is 5.75 Å². The van der Waals surface area contributed by atoms with Crippen molar-refractivity contribution in [3.8, 4) is 5.75 Å². The molecule has 0 aliphatic carbocycles. The minimum atomic E-state index is -0.438. The van der Waals surface area contributed by atoms with Crippen molar-refractivity contribution in [1.82, 2.24) is 0 Å². The van der Waals surface area contributed by atoms with E-state index in [-0.39, 0.29) is 5.91 Å². The Balaban J connectivity index is 2.79. The lowest BCUT2D eigenvalue weighted by Crippen LogP contribution is -2.35. The first-order valence-electron chi connectivity index (χ1n) is 5.04. The number of carbonyl (C=O) groups is 1. The monoisotopic (exact) mass is 223 g/mol. The van der Waals surface area contributed by atoms with Crippen LogP contribution in [0.4, 0.5) is 5.69 Å². The number of anilines is 1. The van der Waals surface area contributed by atoms with Gasteiger partial charge >= 0.3 is 0 Å². The smallest absolute Gasteiger partial charge is 0.255 e. The highest BCUT2D eigenvalue weighted by Gasteiger charge is 2.17. The van der Waals surface area contributed by atoms with Crippen molar-refractivity contribution >= 4 is 11.6 Å². The molecule has 4 heteroatoms. The summed E-state index contributed by atoms with van der Waals surface area (Å²) in [4.78, 5) is 13.4. The van der Waals surface area contributed by atoms with E-state index in [4.69, 9.17) is 9.47 Å². The summed E-state index contributed by atoms with van der Waals surface area (Å²) in [6, 6.07) is 7.30. The van der Waals surface area contributed by atoms with Crippen LogP contribution < -0.4 is 9.64 Å². The third-order valence-corrected chi connectivity index (χ3v) is 2.49. The first kappa shape index (κ1) is 12.5. The standard InChI is InChI=1S/C12H17NO3/c1-9(15-3)12(14)13(2)10-5-7-11(16-4)8-6-10/h5-9H,1-4H3. The van der Waals surface area contributed by atoms with E-state index in [1.807, 2.05) is 24.3 Å². The molecule has 0 bridgehead atoms. The number of likely N-dealkylation sites (N-methyl/N-ethyl adjacent to an activating group) is 1. The van der Waals surface area contributed by atoms with Gasteiger partial charge in [-0.1, -0.05) is 0 Å². The van der Waals surface area contributed by atoms with Crippen LogP contribution in [-0.2, 0) is 9.53 Å². The van der Waals surface area contributed by atoms with Gasteiger partial charge in [0.1, 0.15) is 11.9 Å². The highest BCUT2D eigenvalue weighted by atomic mass is 16.5. The van der Waals surface area contributed by atoms with Crippen molar-refractivity contribution < 1.29 is 14.3 Å². The molecular formula is C12H17NO3. The van der Waals surface area contributed by atoms with Gasteiger partial charge in [0.25, 0.3) is 5.91 Å². The maximum absolute atomic E-state index is 11.8. The molecule has 16 heavy (non-hydrogen) atoms. The summed E-state index contributed by atoms with van der Waals surface area (Å²) in [6.07, 6.45) is -0.438. The van der Waals surface area contributed by atoms with Gasteiger partial charge in [0.05, 0.1) is 7.11 Å². The summed E-state index contributed by atoms with van der Waals surface area (Å²) in [5.41, 5.74) is 0.815. The van der Waals surface area contributed by atoms with Gasteiger partial charge in [-0.3, -0.25) is 4.79 Å². The summed E-state index contributed by atoms with van der Waals surface area (Å²) >= 11 is 0. The molecule has 0 saturated heterocycles. The zero-order valence-electron chi connectivity index (χ0n) is 10.1. The molecule has 1 atom stereocenters. The van der Waals surface area contributed by atoms with Crippen LogP contribution in [0, 0.1) is 0 Å². The van der Waals surface area contributed by atoms with Crippen molar-refractivity contribution in [3.05, 3.63) is 24.3 Å². The third kappa shape index (κ3) is 2.73. The minimum absolute atomic E-state index is 0.0762. The van der Waals surface area contributed by atoms with Crippen molar-refractivity contribution in [1.29, 1.82) is 0 Å². The molecule has 0 aromatic heterocycles. The van der Waals surface area contributed by atoms with E-state index < -0.39 is 6.10 Å². The average molecular weight is 223 g/mol. The Labute approximate surface area is 95.8 Å². The summed E-state index contributed by atoms with van der Waals surface area (Å²) in [7, 11) is 4.85. The molecule has 0 N–H and O–H groups in total. The number of rotatable bonds is 4. The molecule has 1 rings (SSSR count). The molecule has 0 heterocycles. The molecule has 1 aromatic carbocycles. The number of benzene rings is 1. The van der Waals surface area contributed by atoms with Gasteiger partial charge in [0.2, 0.25) is 0 Å². The van der Waals surface area contributed by atoms with Crippen LogP contribution >= 0.6 is 0 Å². The van der Waals surface area contributed by atoms with E-state index in [2.05, 4.69) is 0 Å². The zero-order valence-corrected chi connectivity index (χ0v) is 10.1. The third-order valence-electron chi connectivity index (χ3n) is 2.49. The predicted octanol–water partition coefficient (Wildman–Crippen LogP) is 1.69. The summed E-state index contributed by atoms with van der Waals surface area (Å²) < 4.78 is 10.0. The topological polar surface area (TPSA) is 38.8 Å². The van der Waals surface area contributed by atoms with E-state index in [0.29, 0.717) is 0 Å². The Bertz CT molecular complexity index is 348. The van der Waals surface area contributed by atoms with Gasteiger partial charge in [-0.25, -0.2) is 0 Å². The lowest BCUT2D eigenvalue weighted by atomic mass is 10.2. The van der Waals surface area contributed by atoms with Crippen molar-refractivity contribution in [2.75, 3.05) is 26.2 Å². The van der Waals surface area contributed by atoms with Crippen molar-refractivity contribution in [2.45, 2.75) is 13.0 Å². The molecule has 0 aliphatic rings. The van der Waals surface area contributed by atoms with Crippen LogP contribution in [-0.4, -0.2) is 33.3 Å². The lowest BCUT2D eigenvalue weighted by molar-refractivity contribution is -0.127. The molecule has 1 unspecified atom stereocenters. The van der Waals surface area contributed by atoms with E-state index in [1.54, 1.807) is 26.0 Å². The van der Waals surface area contributed by atoms with Crippen LogP contribution in [0.3, 0.4) is 0 Å². The predicted molar refractivity (Wildman–Crippen MR) is 62.9 cm³/mol. The number of hydrogen-bond donors (Lipinski definition) is 0. The molecule has 0 aliphatic heterocycles. The first-order chi connectivity index (χ1) is 7.60. The van der Waals surface area contributed by atoms with E-state index >= 15 is 0 Å². The second-order valence-electron chi connectivity index (χ2n) is 3.47. The second-order valence-corrected chi connectivity index (χ2v) is 3.47. The van der Waals surface area contributed by atoms with Crippen LogP contribution in [0.25, 0.3) is 0 Å². The van der Waals surface area contributed by atoms with Crippen molar-refractivity contribution in [2.24, 2.45) is 0 Å². The number of amides is 1. The van der Waals surface area contributed by atoms with Crippen LogP contribution in [0.15, 0.2) is 24.3 Å². The number of ether oxygens (including phenoxy) is 2. The Kier molecular flexibility index (Phi) is 4.31. The van der Waals surface area contributed by atoms with Crippen LogP contribution in [0.2, 0.25) is 0 Å². The highest BCUT2D eigenvalue weighted by molar-refractivity contribution is 5.95. The summed E-state index contributed by atoms with van der Waals surface area (Å²) in [5.74, 6) is 0.692. The number of hydrogen-bond acceptors (Lipinski definition) is 3. The highest BCUT2D eigenvalue weighted by Crippen LogP contribution is 2.18. The molecule has 0 radical (unpaired) electrons. The van der Waals surface area contributed by atoms with Gasteiger partial charge in [-0.2, -0.15) is 0 Å². The van der Waals surface area contributed by atoms with E-state index in [9.17, 15) is 4.79 Å². The largest absolute Gasteiger partial charge is 0.497 e. The van der Waals surface area contributed by atoms with Gasteiger partial charge < -0.3 is 14.4 Å². The van der Waals surface area contributed by atoms with Crippen molar-refractivity contribution in [3.63, 3.8) is 0 Å². The molecule has 88 valence electrons. The minimum Gasteiger partial charge on any atom is -0.497 e. The SMILES string of the molecule is COc1ccc(N(C)C(=O)C(C)OC)cc1. The Hall–Kier alpha value is -1.55. The first-order valence-corrected chi connectivity index (χ1v) is 5.04. The molecule has 0 fully saturated rings. The molecular weight excluding hydrogens is 206 g/mol. The fraction of sp³-hybridized carbons (Fsp3) is 0.417. The summed E-state index contributed by atoms with van der Waals surface area (Å²) in [6.45, 7) is 1.72. The van der Waals surface area contributed by atoms with Gasteiger partial charge in [0.15, 0.2) is 0 Å². The number of nitrogens with zero attached hydrogens (tertiary/aromatic N) is 1. The Morgan fingerprint density at radius 1 is 1.25 bits per heavy atom. The van der Waals surface area contributed by atoms with Gasteiger partial charge in [-0.15, -0.1) is 0 Å².